The second-order valence-corrected chi connectivity index (χ2v) is 5.63. The van der Waals surface area contributed by atoms with Gasteiger partial charge >= 0.3 is 0 Å². The van der Waals surface area contributed by atoms with Gasteiger partial charge in [-0.2, -0.15) is 11.8 Å². The van der Waals surface area contributed by atoms with Crippen LogP contribution in [0.2, 0.25) is 0 Å². The van der Waals surface area contributed by atoms with Gasteiger partial charge in [-0.05, 0) is 42.6 Å². The van der Waals surface area contributed by atoms with E-state index in [2.05, 4.69) is 5.32 Å². The Morgan fingerprint density at radius 1 is 1.56 bits per heavy atom. The van der Waals surface area contributed by atoms with E-state index >= 15 is 0 Å². The predicted molar refractivity (Wildman–Crippen MR) is 72.3 cm³/mol. The topological polar surface area (TPSA) is 62.5 Å². The van der Waals surface area contributed by atoms with Gasteiger partial charge in [-0.25, -0.2) is 0 Å². The fourth-order valence-corrected chi connectivity index (χ4v) is 3.04. The van der Waals surface area contributed by atoms with Crippen molar-refractivity contribution in [3.05, 3.63) is 30.2 Å². The van der Waals surface area contributed by atoms with Gasteiger partial charge in [-0.3, -0.25) is 4.79 Å². The minimum Gasteiger partial charge on any atom is -0.465 e. The number of furan rings is 1. The molecule has 1 saturated heterocycles. The first-order chi connectivity index (χ1) is 8.68. The molecule has 18 heavy (non-hydrogen) atoms. The number of carbonyl (C=O) groups is 1. The Hall–Kier alpha value is -1.20. The SMILES string of the molecule is O=C(/C=C/c1ccco1)NCC1(O)CCSCC1. The molecule has 4 nitrogen and oxygen atoms in total. The molecule has 5 heteroatoms. The molecular weight excluding hydrogens is 250 g/mol. The lowest BCUT2D eigenvalue weighted by Crippen LogP contribution is -2.44. The van der Waals surface area contributed by atoms with E-state index in [0.29, 0.717) is 12.3 Å². The molecule has 0 radical (unpaired) electrons. The fourth-order valence-electron chi connectivity index (χ4n) is 1.78. The number of aliphatic hydroxyl groups is 1. The van der Waals surface area contributed by atoms with Crippen LogP contribution < -0.4 is 5.32 Å². The Balaban J connectivity index is 1.77. The van der Waals surface area contributed by atoms with Crippen LogP contribution in [0.5, 0.6) is 0 Å². The molecule has 1 aliphatic heterocycles. The molecule has 0 aliphatic carbocycles. The molecule has 0 unspecified atom stereocenters. The maximum absolute atomic E-state index is 11.6. The fraction of sp³-hybridized carbons (Fsp3) is 0.462. The molecule has 2 N–H and O–H groups in total. The van der Waals surface area contributed by atoms with Gasteiger partial charge in [0.15, 0.2) is 0 Å². The maximum atomic E-state index is 11.6. The minimum absolute atomic E-state index is 0.210. The smallest absolute Gasteiger partial charge is 0.244 e. The number of hydrogen-bond acceptors (Lipinski definition) is 4. The monoisotopic (exact) mass is 267 g/mol. The Kier molecular flexibility index (Phi) is 4.49. The number of hydrogen-bond donors (Lipinski definition) is 2. The standard InChI is InChI=1S/C13H17NO3S/c15-12(4-3-11-2-1-7-17-11)14-10-13(16)5-8-18-9-6-13/h1-4,7,16H,5-6,8-10H2,(H,14,15)/b4-3+. The van der Waals surface area contributed by atoms with Crippen molar-refractivity contribution < 1.29 is 14.3 Å². The average Bonchev–Trinajstić information content (AvgIpc) is 2.88. The summed E-state index contributed by atoms with van der Waals surface area (Å²) in [5.41, 5.74) is -0.737. The van der Waals surface area contributed by atoms with Crippen LogP contribution in [0.15, 0.2) is 28.9 Å². The van der Waals surface area contributed by atoms with Gasteiger partial charge in [-0.15, -0.1) is 0 Å². The van der Waals surface area contributed by atoms with Crippen molar-refractivity contribution in [3.63, 3.8) is 0 Å². The molecule has 0 spiro atoms. The van der Waals surface area contributed by atoms with Crippen molar-refractivity contribution in [1.82, 2.24) is 5.32 Å². The summed E-state index contributed by atoms with van der Waals surface area (Å²) in [6, 6.07) is 3.54. The second kappa shape index (κ2) is 6.11. The van der Waals surface area contributed by atoms with Crippen molar-refractivity contribution in [2.24, 2.45) is 0 Å². The van der Waals surface area contributed by atoms with Gasteiger partial charge in [-0.1, -0.05) is 0 Å². The molecule has 0 aromatic carbocycles. The summed E-state index contributed by atoms with van der Waals surface area (Å²) in [5.74, 6) is 2.33. The molecular formula is C13H17NO3S. The lowest BCUT2D eigenvalue weighted by atomic mass is 9.97. The Morgan fingerprint density at radius 2 is 2.33 bits per heavy atom. The highest BCUT2D eigenvalue weighted by Gasteiger charge is 2.29. The van der Waals surface area contributed by atoms with Crippen LogP contribution in [0.25, 0.3) is 6.08 Å². The van der Waals surface area contributed by atoms with Gasteiger partial charge < -0.3 is 14.8 Å². The third-order valence-electron chi connectivity index (χ3n) is 2.96. The van der Waals surface area contributed by atoms with Crippen LogP contribution in [0.4, 0.5) is 0 Å². The summed E-state index contributed by atoms with van der Waals surface area (Å²) in [5, 5.41) is 12.9. The van der Waals surface area contributed by atoms with Gasteiger partial charge in [0, 0.05) is 12.6 Å². The van der Waals surface area contributed by atoms with E-state index in [1.54, 1.807) is 24.5 Å². The summed E-state index contributed by atoms with van der Waals surface area (Å²) in [4.78, 5) is 11.6. The highest BCUT2D eigenvalue weighted by molar-refractivity contribution is 7.99. The van der Waals surface area contributed by atoms with Crippen LogP contribution in [0, 0.1) is 0 Å². The molecule has 98 valence electrons. The third-order valence-corrected chi connectivity index (χ3v) is 3.94. The van der Waals surface area contributed by atoms with E-state index in [4.69, 9.17) is 4.42 Å². The third kappa shape index (κ3) is 3.92. The molecule has 1 aromatic rings. The zero-order valence-electron chi connectivity index (χ0n) is 10.1. The second-order valence-electron chi connectivity index (χ2n) is 4.40. The number of amides is 1. The van der Waals surface area contributed by atoms with Gasteiger partial charge in [0.05, 0.1) is 11.9 Å². The number of carbonyl (C=O) groups excluding carboxylic acids is 1. The van der Waals surface area contributed by atoms with Crippen LogP contribution >= 0.6 is 11.8 Å². The largest absolute Gasteiger partial charge is 0.465 e. The normalized spacial score (nSPS) is 18.9. The van der Waals surface area contributed by atoms with Crippen molar-refractivity contribution >= 4 is 23.7 Å². The molecule has 1 aromatic heterocycles. The van der Waals surface area contributed by atoms with Gasteiger partial charge in [0.1, 0.15) is 5.76 Å². The Labute approximate surface area is 110 Å². The molecule has 0 saturated carbocycles. The lowest BCUT2D eigenvalue weighted by molar-refractivity contribution is -0.117. The Morgan fingerprint density at radius 3 is 3.00 bits per heavy atom. The maximum Gasteiger partial charge on any atom is 0.244 e. The molecule has 2 rings (SSSR count). The number of rotatable bonds is 4. The van der Waals surface area contributed by atoms with Crippen LogP contribution in [0.1, 0.15) is 18.6 Å². The molecule has 0 atom stereocenters. The van der Waals surface area contributed by atoms with Gasteiger partial charge in [0.25, 0.3) is 0 Å². The van der Waals surface area contributed by atoms with Gasteiger partial charge in [0.2, 0.25) is 5.91 Å². The van der Waals surface area contributed by atoms with Crippen molar-refractivity contribution in [3.8, 4) is 0 Å². The molecule has 1 aliphatic rings. The molecule has 1 amide bonds. The highest BCUT2D eigenvalue weighted by atomic mass is 32.2. The predicted octanol–water partition coefficient (Wildman–Crippen LogP) is 1.67. The molecule has 1 fully saturated rings. The van der Waals surface area contributed by atoms with E-state index in [1.807, 2.05) is 11.8 Å². The molecule has 0 bridgehead atoms. The highest BCUT2D eigenvalue weighted by Crippen LogP contribution is 2.26. The summed E-state index contributed by atoms with van der Waals surface area (Å²) < 4.78 is 5.08. The zero-order valence-corrected chi connectivity index (χ0v) is 10.9. The van der Waals surface area contributed by atoms with Crippen LogP contribution in [-0.4, -0.2) is 34.7 Å². The van der Waals surface area contributed by atoms with E-state index in [1.165, 1.54) is 6.08 Å². The van der Waals surface area contributed by atoms with Crippen molar-refractivity contribution in [1.29, 1.82) is 0 Å². The van der Waals surface area contributed by atoms with E-state index in [-0.39, 0.29) is 5.91 Å². The van der Waals surface area contributed by atoms with E-state index in [9.17, 15) is 9.90 Å². The number of nitrogens with one attached hydrogen (secondary N) is 1. The molecule has 2 heterocycles. The summed E-state index contributed by atoms with van der Waals surface area (Å²) in [6.07, 6.45) is 6.05. The summed E-state index contributed by atoms with van der Waals surface area (Å²) >= 11 is 1.84. The average molecular weight is 267 g/mol. The van der Waals surface area contributed by atoms with E-state index in [0.717, 1.165) is 24.3 Å². The van der Waals surface area contributed by atoms with Crippen LogP contribution in [0.3, 0.4) is 0 Å². The van der Waals surface area contributed by atoms with Crippen molar-refractivity contribution in [2.45, 2.75) is 18.4 Å². The Bertz CT molecular complexity index is 408. The number of thioether (sulfide) groups is 1. The first kappa shape index (κ1) is 13.2. The zero-order chi connectivity index (χ0) is 12.8. The first-order valence-corrected chi connectivity index (χ1v) is 7.13. The minimum atomic E-state index is -0.737. The quantitative estimate of drug-likeness (QED) is 0.815. The lowest BCUT2D eigenvalue weighted by Gasteiger charge is -2.31. The first-order valence-electron chi connectivity index (χ1n) is 5.98. The summed E-state index contributed by atoms with van der Waals surface area (Å²) in [6.45, 7) is 0.314. The van der Waals surface area contributed by atoms with Crippen LogP contribution in [-0.2, 0) is 4.79 Å². The van der Waals surface area contributed by atoms with E-state index < -0.39 is 5.60 Å². The summed E-state index contributed by atoms with van der Waals surface area (Å²) in [7, 11) is 0. The van der Waals surface area contributed by atoms with Crippen molar-refractivity contribution in [2.75, 3.05) is 18.1 Å².